The summed E-state index contributed by atoms with van der Waals surface area (Å²) in [5.41, 5.74) is 2.88. The molecule has 0 radical (unpaired) electrons. The van der Waals surface area contributed by atoms with Crippen molar-refractivity contribution >= 4 is 0 Å². The average molecular weight is 249 g/mol. The summed E-state index contributed by atoms with van der Waals surface area (Å²) in [6.07, 6.45) is 3.51. The number of rotatable bonds is 9. The van der Waals surface area contributed by atoms with Crippen molar-refractivity contribution in [3.63, 3.8) is 0 Å². The van der Waals surface area contributed by atoms with Crippen molar-refractivity contribution in [1.82, 2.24) is 5.32 Å². The molecule has 0 aromatic heterocycles. The summed E-state index contributed by atoms with van der Waals surface area (Å²) < 4.78 is 5.16. The lowest BCUT2D eigenvalue weighted by Gasteiger charge is -2.20. The second kappa shape index (κ2) is 9.12. The molecular weight excluding hydrogens is 222 g/mol. The van der Waals surface area contributed by atoms with Crippen LogP contribution in [0, 0.1) is 6.92 Å². The molecule has 2 nitrogen and oxygen atoms in total. The van der Waals surface area contributed by atoms with Gasteiger partial charge in [-0.1, -0.05) is 31.2 Å². The fourth-order valence-corrected chi connectivity index (χ4v) is 2.34. The Morgan fingerprint density at radius 1 is 1.28 bits per heavy atom. The lowest BCUT2D eigenvalue weighted by molar-refractivity contribution is 0.190. The summed E-state index contributed by atoms with van der Waals surface area (Å²) in [7, 11) is 1.78. The van der Waals surface area contributed by atoms with E-state index < -0.39 is 0 Å². The van der Waals surface area contributed by atoms with Gasteiger partial charge in [-0.05, 0) is 49.8 Å². The van der Waals surface area contributed by atoms with E-state index in [2.05, 4.69) is 43.4 Å². The van der Waals surface area contributed by atoms with E-state index in [4.69, 9.17) is 4.74 Å². The zero-order valence-corrected chi connectivity index (χ0v) is 12.0. The maximum atomic E-state index is 5.16. The molecule has 0 aliphatic heterocycles. The van der Waals surface area contributed by atoms with Gasteiger partial charge in [0.25, 0.3) is 0 Å². The maximum absolute atomic E-state index is 5.16. The molecule has 1 unspecified atom stereocenters. The summed E-state index contributed by atoms with van der Waals surface area (Å²) in [6.45, 7) is 7.45. The number of hydrogen-bond donors (Lipinski definition) is 1. The Balaban J connectivity index is 2.60. The van der Waals surface area contributed by atoms with Gasteiger partial charge in [0.2, 0.25) is 0 Å². The second-order valence-electron chi connectivity index (χ2n) is 4.89. The molecule has 0 heterocycles. The molecule has 0 aliphatic carbocycles. The predicted molar refractivity (Wildman–Crippen MR) is 78.2 cm³/mol. The molecule has 0 amide bonds. The number of ether oxygens (including phenoxy) is 1. The summed E-state index contributed by atoms with van der Waals surface area (Å²) >= 11 is 0. The first-order chi connectivity index (χ1) is 8.79. The van der Waals surface area contributed by atoms with Crippen LogP contribution in [0.4, 0.5) is 0 Å². The molecular formula is C16H27NO. The Labute approximate surface area is 112 Å². The van der Waals surface area contributed by atoms with Crippen LogP contribution in [0.1, 0.15) is 43.2 Å². The van der Waals surface area contributed by atoms with Crippen LogP contribution >= 0.6 is 0 Å². The molecule has 0 saturated carbocycles. The third-order valence-corrected chi connectivity index (χ3v) is 3.35. The number of hydrogen-bond acceptors (Lipinski definition) is 2. The molecule has 2 heteroatoms. The normalized spacial score (nSPS) is 12.6. The third-order valence-electron chi connectivity index (χ3n) is 3.35. The van der Waals surface area contributed by atoms with E-state index in [9.17, 15) is 0 Å². The zero-order valence-electron chi connectivity index (χ0n) is 12.0. The second-order valence-corrected chi connectivity index (χ2v) is 4.89. The molecule has 0 aliphatic rings. The molecule has 0 spiro atoms. The van der Waals surface area contributed by atoms with Crippen molar-refractivity contribution in [2.45, 2.75) is 39.0 Å². The van der Waals surface area contributed by atoms with Crippen molar-refractivity contribution in [1.29, 1.82) is 0 Å². The number of aryl methyl sites for hydroxylation is 1. The van der Waals surface area contributed by atoms with Gasteiger partial charge in [-0.25, -0.2) is 0 Å². The highest BCUT2D eigenvalue weighted by atomic mass is 16.5. The Morgan fingerprint density at radius 3 is 2.72 bits per heavy atom. The van der Waals surface area contributed by atoms with Crippen molar-refractivity contribution in [3.05, 3.63) is 35.4 Å². The van der Waals surface area contributed by atoms with Gasteiger partial charge in [-0.3, -0.25) is 0 Å². The van der Waals surface area contributed by atoms with Crippen LogP contribution < -0.4 is 5.32 Å². The first-order valence-electron chi connectivity index (χ1n) is 7.04. The molecule has 1 rings (SSSR count). The van der Waals surface area contributed by atoms with Gasteiger partial charge in [0.1, 0.15) is 0 Å². The minimum Gasteiger partial charge on any atom is -0.385 e. The van der Waals surface area contributed by atoms with Gasteiger partial charge >= 0.3 is 0 Å². The molecule has 102 valence electrons. The van der Waals surface area contributed by atoms with Gasteiger partial charge in [0, 0.05) is 20.3 Å². The Morgan fingerprint density at radius 2 is 2.06 bits per heavy atom. The SMILES string of the molecule is CCCNCC(CCCOC)c1ccccc1C. The lowest BCUT2D eigenvalue weighted by atomic mass is 9.91. The summed E-state index contributed by atoms with van der Waals surface area (Å²) in [5.74, 6) is 0.605. The van der Waals surface area contributed by atoms with Gasteiger partial charge in [0.05, 0.1) is 0 Å². The van der Waals surface area contributed by atoms with Crippen molar-refractivity contribution in [2.75, 3.05) is 26.8 Å². The van der Waals surface area contributed by atoms with Crippen molar-refractivity contribution in [3.8, 4) is 0 Å². The minimum absolute atomic E-state index is 0.605. The van der Waals surface area contributed by atoms with E-state index in [1.54, 1.807) is 7.11 Å². The quantitative estimate of drug-likeness (QED) is 0.676. The lowest BCUT2D eigenvalue weighted by Crippen LogP contribution is -2.23. The molecule has 0 fully saturated rings. The molecule has 1 aromatic rings. The zero-order chi connectivity index (χ0) is 13.2. The van der Waals surface area contributed by atoms with Crippen LogP contribution in [0.5, 0.6) is 0 Å². The van der Waals surface area contributed by atoms with Gasteiger partial charge in [-0.15, -0.1) is 0 Å². The smallest absolute Gasteiger partial charge is 0.0462 e. The van der Waals surface area contributed by atoms with Gasteiger partial charge in [0.15, 0.2) is 0 Å². The highest BCUT2D eigenvalue weighted by Gasteiger charge is 2.12. The summed E-state index contributed by atoms with van der Waals surface area (Å²) in [4.78, 5) is 0. The highest BCUT2D eigenvalue weighted by molar-refractivity contribution is 5.29. The molecule has 1 aromatic carbocycles. The van der Waals surface area contributed by atoms with Crippen molar-refractivity contribution < 1.29 is 4.74 Å². The first kappa shape index (κ1) is 15.2. The standard InChI is InChI=1S/C16H27NO/c1-4-11-17-13-15(9-7-12-18-3)16-10-6-5-8-14(16)2/h5-6,8,10,15,17H,4,7,9,11-13H2,1-3H3. The minimum atomic E-state index is 0.605. The van der Waals surface area contributed by atoms with Crippen LogP contribution in [0.3, 0.4) is 0 Å². The van der Waals surface area contributed by atoms with Crippen LogP contribution in [-0.2, 0) is 4.74 Å². The van der Waals surface area contributed by atoms with E-state index in [1.807, 2.05) is 0 Å². The van der Waals surface area contributed by atoms with Gasteiger partial charge < -0.3 is 10.1 Å². The van der Waals surface area contributed by atoms with E-state index >= 15 is 0 Å². The van der Waals surface area contributed by atoms with Crippen LogP contribution in [0.25, 0.3) is 0 Å². The Hall–Kier alpha value is -0.860. The van der Waals surface area contributed by atoms with E-state index in [-0.39, 0.29) is 0 Å². The maximum Gasteiger partial charge on any atom is 0.0462 e. The highest BCUT2D eigenvalue weighted by Crippen LogP contribution is 2.23. The summed E-state index contributed by atoms with van der Waals surface area (Å²) in [6, 6.07) is 8.73. The van der Waals surface area contributed by atoms with E-state index in [0.717, 1.165) is 26.1 Å². The van der Waals surface area contributed by atoms with Gasteiger partial charge in [-0.2, -0.15) is 0 Å². The fourth-order valence-electron chi connectivity index (χ4n) is 2.34. The molecule has 1 N–H and O–H groups in total. The largest absolute Gasteiger partial charge is 0.385 e. The Kier molecular flexibility index (Phi) is 7.70. The van der Waals surface area contributed by atoms with E-state index in [1.165, 1.54) is 24.0 Å². The number of benzene rings is 1. The van der Waals surface area contributed by atoms with E-state index in [0.29, 0.717) is 5.92 Å². The first-order valence-corrected chi connectivity index (χ1v) is 7.04. The van der Waals surface area contributed by atoms with Crippen LogP contribution in [0.15, 0.2) is 24.3 Å². The fraction of sp³-hybridized carbons (Fsp3) is 0.625. The molecule has 0 bridgehead atoms. The van der Waals surface area contributed by atoms with Crippen LogP contribution in [-0.4, -0.2) is 26.8 Å². The monoisotopic (exact) mass is 249 g/mol. The molecule has 1 atom stereocenters. The predicted octanol–water partition coefficient (Wildman–Crippen LogP) is 3.50. The summed E-state index contributed by atoms with van der Waals surface area (Å²) in [5, 5.41) is 3.55. The average Bonchev–Trinajstić information content (AvgIpc) is 2.38. The molecule has 18 heavy (non-hydrogen) atoms. The Bertz CT molecular complexity index is 315. The van der Waals surface area contributed by atoms with Crippen LogP contribution in [0.2, 0.25) is 0 Å². The number of methoxy groups -OCH3 is 1. The molecule has 0 saturated heterocycles. The van der Waals surface area contributed by atoms with Crippen molar-refractivity contribution in [2.24, 2.45) is 0 Å². The third kappa shape index (κ3) is 5.19. The number of nitrogens with one attached hydrogen (secondary N) is 1. The topological polar surface area (TPSA) is 21.3 Å².